The molecule has 1 saturated carbocycles. The first-order chi connectivity index (χ1) is 5.98. The lowest BCUT2D eigenvalue weighted by atomic mass is 10.0. The number of fused-ring (bicyclic) bond motifs is 1. The lowest BCUT2D eigenvalue weighted by molar-refractivity contribution is -0.00355. The normalized spacial score (nSPS) is 38.5. The van der Waals surface area contributed by atoms with Gasteiger partial charge in [0.15, 0.2) is 0 Å². The molecule has 0 amide bonds. The van der Waals surface area contributed by atoms with Crippen LogP contribution in [-0.2, 0) is 0 Å². The van der Waals surface area contributed by atoms with Crippen LogP contribution in [-0.4, -0.2) is 30.0 Å². The Morgan fingerprint density at radius 3 is 2.00 bits per heavy atom. The highest BCUT2D eigenvalue weighted by molar-refractivity contribution is 4.96. The molecule has 1 saturated heterocycles. The fourth-order valence-electron chi connectivity index (χ4n) is 2.71. The van der Waals surface area contributed by atoms with Gasteiger partial charge >= 0.3 is 0 Å². The molecule has 1 nitrogen and oxygen atoms in total. The van der Waals surface area contributed by atoms with Crippen LogP contribution in [0.4, 0.5) is 8.78 Å². The molecule has 2 atom stereocenters. The second-order valence-corrected chi connectivity index (χ2v) is 4.83. The summed E-state index contributed by atoms with van der Waals surface area (Å²) in [7, 11) is 0. The molecule has 13 heavy (non-hydrogen) atoms. The quantitative estimate of drug-likeness (QED) is 0.612. The molecule has 0 aromatic heterocycles. The number of hydrogen-bond donors (Lipinski definition) is 0. The summed E-state index contributed by atoms with van der Waals surface area (Å²) in [6.45, 7) is 6.05. The largest absolute Gasteiger partial charge is 0.300 e. The van der Waals surface area contributed by atoms with Crippen molar-refractivity contribution in [1.82, 2.24) is 4.90 Å². The van der Waals surface area contributed by atoms with Crippen molar-refractivity contribution in [2.75, 3.05) is 13.1 Å². The van der Waals surface area contributed by atoms with Gasteiger partial charge in [0.2, 0.25) is 5.92 Å². The van der Waals surface area contributed by atoms with Crippen molar-refractivity contribution in [3.05, 3.63) is 0 Å². The van der Waals surface area contributed by atoms with Crippen molar-refractivity contribution in [3.8, 4) is 0 Å². The van der Waals surface area contributed by atoms with E-state index in [4.69, 9.17) is 0 Å². The van der Waals surface area contributed by atoms with E-state index in [1.165, 1.54) is 0 Å². The molecule has 2 fully saturated rings. The third-order valence-electron chi connectivity index (χ3n) is 3.46. The van der Waals surface area contributed by atoms with E-state index in [1.54, 1.807) is 0 Å². The summed E-state index contributed by atoms with van der Waals surface area (Å²) in [6, 6.07) is 0.513. The Kier molecular flexibility index (Phi) is 2.10. The maximum atomic E-state index is 13.0. The van der Waals surface area contributed by atoms with Gasteiger partial charge in [0, 0.05) is 32.0 Å². The molecule has 1 aliphatic carbocycles. The Morgan fingerprint density at radius 2 is 1.62 bits per heavy atom. The van der Waals surface area contributed by atoms with E-state index in [0.717, 1.165) is 13.1 Å². The van der Waals surface area contributed by atoms with Crippen molar-refractivity contribution in [3.63, 3.8) is 0 Å². The van der Waals surface area contributed by atoms with E-state index < -0.39 is 5.92 Å². The molecule has 0 spiro atoms. The van der Waals surface area contributed by atoms with Gasteiger partial charge in [0.05, 0.1) is 0 Å². The lowest BCUT2D eigenvalue weighted by Gasteiger charge is -2.22. The molecule has 2 rings (SSSR count). The first-order valence-electron chi connectivity index (χ1n) is 5.10. The van der Waals surface area contributed by atoms with Crippen LogP contribution in [0.1, 0.15) is 26.7 Å². The summed E-state index contributed by atoms with van der Waals surface area (Å²) in [5.74, 6) is -1.84. The summed E-state index contributed by atoms with van der Waals surface area (Å²) in [6.07, 6.45) is 0.252. The molecule has 2 unspecified atom stereocenters. The highest BCUT2D eigenvalue weighted by Gasteiger charge is 2.50. The molecule has 0 aromatic carbocycles. The summed E-state index contributed by atoms with van der Waals surface area (Å²) in [5.41, 5.74) is 0. The van der Waals surface area contributed by atoms with Crippen LogP contribution in [0.2, 0.25) is 0 Å². The molecular weight excluding hydrogens is 172 g/mol. The van der Waals surface area contributed by atoms with Gasteiger partial charge < -0.3 is 4.90 Å². The van der Waals surface area contributed by atoms with Gasteiger partial charge in [0.25, 0.3) is 0 Å². The van der Waals surface area contributed by atoms with E-state index >= 15 is 0 Å². The Hall–Kier alpha value is -0.180. The summed E-state index contributed by atoms with van der Waals surface area (Å²) in [4.78, 5) is 2.32. The smallest absolute Gasteiger partial charge is 0.248 e. The third-order valence-corrected chi connectivity index (χ3v) is 3.46. The average Bonchev–Trinajstić information content (AvgIpc) is 2.39. The van der Waals surface area contributed by atoms with E-state index in [1.807, 2.05) is 0 Å². The zero-order valence-corrected chi connectivity index (χ0v) is 8.26. The second kappa shape index (κ2) is 2.91. The minimum absolute atomic E-state index is 0.126. The molecule has 76 valence electrons. The maximum absolute atomic E-state index is 13.0. The van der Waals surface area contributed by atoms with Gasteiger partial charge in [-0.2, -0.15) is 0 Å². The SMILES string of the molecule is CC(C)N1CC2CC(F)(F)CC2C1. The van der Waals surface area contributed by atoms with E-state index in [-0.39, 0.29) is 24.7 Å². The van der Waals surface area contributed by atoms with Gasteiger partial charge in [0.1, 0.15) is 0 Å². The van der Waals surface area contributed by atoms with Crippen molar-refractivity contribution < 1.29 is 8.78 Å². The van der Waals surface area contributed by atoms with Crippen molar-refractivity contribution in [2.45, 2.75) is 38.7 Å². The van der Waals surface area contributed by atoms with E-state index in [2.05, 4.69) is 18.7 Å². The number of rotatable bonds is 1. The number of nitrogens with zero attached hydrogens (tertiary/aromatic N) is 1. The van der Waals surface area contributed by atoms with Gasteiger partial charge in [-0.15, -0.1) is 0 Å². The predicted molar refractivity (Wildman–Crippen MR) is 47.9 cm³/mol. The standard InChI is InChI=1S/C10H17F2N/c1-7(2)13-5-8-3-10(11,12)4-9(8)6-13/h7-9H,3-6H2,1-2H3. The third kappa shape index (κ3) is 1.71. The van der Waals surface area contributed by atoms with Crippen LogP contribution < -0.4 is 0 Å². The summed E-state index contributed by atoms with van der Waals surface area (Å²) in [5, 5.41) is 0. The first-order valence-corrected chi connectivity index (χ1v) is 5.10. The van der Waals surface area contributed by atoms with Crippen molar-refractivity contribution in [1.29, 1.82) is 0 Å². The molecule has 3 heteroatoms. The summed E-state index contributed by atoms with van der Waals surface area (Å²) < 4.78 is 26.0. The average molecular weight is 189 g/mol. The second-order valence-electron chi connectivity index (χ2n) is 4.83. The molecule has 2 aliphatic rings. The van der Waals surface area contributed by atoms with Crippen molar-refractivity contribution in [2.24, 2.45) is 11.8 Å². The number of hydrogen-bond acceptors (Lipinski definition) is 1. The Bertz CT molecular complexity index is 187. The molecule has 0 aromatic rings. The Morgan fingerprint density at radius 1 is 1.15 bits per heavy atom. The van der Waals surface area contributed by atoms with Crippen LogP contribution in [0.15, 0.2) is 0 Å². The maximum Gasteiger partial charge on any atom is 0.248 e. The zero-order valence-electron chi connectivity index (χ0n) is 8.26. The number of halogens is 2. The van der Waals surface area contributed by atoms with Gasteiger partial charge in [-0.1, -0.05) is 0 Å². The molecule has 0 bridgehead atoms. The summed E-state index contributed by atoms with van der Waals surface area (Å²) >= 11 is 0. The van der Waals surface area contributed by atoms with Crippen LogP contribution in [0.25, 0.3) is 0 Å². The van der Waals surface area contributed by atoms with E-state index in [9.17, 15) is 8.78 Å². The van der Waals surface area contributed by atoms with Gasteiger partial charge in [-0.3, -0.25) is 0 Å². The predicted octanol–water partition coefficient (Wildman–Crippen LogP) is 2.37. The minimum atomic E-state index is -2.36. The van der Waals surface area contributed by atoms with Gasteiger partial charge in [-0.05, 0) is 25.7 Å². The molecule has 0 radical (unpaired) electrons. The van der Waals surface area contributed by atoms with Crippen LogP contribution >= 0.6 is 0 Å². The van der Waals surface area contributed by atoms with Crippen LogP contribution in [0, 0.1) is 11.8 Å². The molecule has 0 N–H and O–H groups in total. The fraction of sp³-hybridized carbons (Fsp3) is 1.00. The monoisotopic (exact) mass is 189 g/mol. The minimum Gasteiger partial charge on any atom is -0.300 e. The lowest BCUT2D eigenvalue weighted by Crippen LogP contribution is -2.30. The van der Waals surface area contributed by atoms with Crippen LogP contribution in [0.5, 0.6) is 0 Å². The zero-order chi connectivity index (χ0) is 9.64. The highest BCUT2D eigenvalue weighted by atomic mass is 19.3. The highest BCUT2D eigenvalue weighted by Crippen LogP contribution is 2.46. The first kappa shape index (κ1) is 9.38. The topological polar surface area (TPSA) is 3.24 Å². The molecule has 1 aliphatic heterocycles. The van der Waals surface area contributed by atoms with Crippen molar-refractivity contribution >= 4 is 0 Å². The molecule has 1 heterocycles. The van der Waals surface area contributed by atoms with Crippen LogP contribution in [0.3, 0.4) is 0 Å². The molecular formula is C10H17F2N. The Labute approximate surface area is 78.1 Å². The van der Waals surface area contributed by atoms with E-state index in [0.29, 0.717) is 6.04 Å². The number of likely N-dealkylation sites (tertiary alicyclic amines) is 1. The van der Waals surface area contributed by atoms with Gasteiger partial charge in [-0.25, -0.2) is 8.78 Å². The number of alkyl halides is 2. The Balaban J connectivity index is 1.97. The fourth-order valence-corrected chi connectivity index (χ4v) is 2.71.